The Morgan fingerprint density at radius 3 is 2.75 bits per heavy atom. The first-order chi connectivity index (χ1) is 7.42. The Labute approximate surface area is 105 Å². The van der Waals surface area contributed by atoms with Gasteiger partial charge in [0.05, 0.1) is 6.54 Å². The Bertz CT molecular complexity index is 377. The number of hydrogen-bond acceptors (Lipinski definition) is 2. The van der Waals surface area contributed by atoms with E-state index in [1.54, 1.807) is 0 Å². The van der Waals surface area contributed by atoms with Crippen LogP contribution in [0.1, 0.15) is 19.4 Å². The first-order valence-corrected chi connectivity index (χ1v) is 5.96. The topological polar surface area (TPSA) is 55.1 Å². The molecule has 1 aromatic carbocycles. The van der Waals surface area contributed by atoms with Gasteiger partial charge in [0, 0.05) is 16.4 Å². The molecule has 0 spiro atoms. The summed E-state index contributed by atoms with van der Waals surface area (Å²) in [6.07, 6.45) is 0. The highest BCUT2D eigenvalue weighted by Gasteiger charge is 2.20. The van der Waals surface area contributed by atoms with Gasteiger partial charge in [0.25, 0.3) is 0 Å². The number of primary amides is 1. The molecule has 16 heavy (non-hydrogen) atoms. The van der Waals surface area contributed by atoms with Crippen molar-refractivity contribution in [2.45, 2.75) is 19.3 Å². The average molecular weight is 285 g/mol. The number of carbonyl (C=O) groups excluding carboxylic acids is 1. The summed E-state index contributed by atoms with van der Waals surface area (Å²) in [5.74, 6) is -0.329. The van der Waals surface area contributed by atoms with Crippen molar-refractivity contribution < 1.29 is 4.79 Å². The molecule has 0 saturated heterocycles. The first kappa shape index (κ1) is 13.2. The van der Waals surface area contributed by atoms with Crippen molar-refractivity contribution >= 4 is 21.8 Å². The lowest BCUT2D eigenvalue weighted by atomic mass is 9.84. The van der Waals surface area contributed by atoms with Crippen molar-refractivity contribution in [1.82, 2.24) is 5.32 Å². The summed E-state index contributed by atoms with van der Waals surface area (Å²) in [7, 11) is 0. The second-order valence-electron chi connectivity index (χ2n) is 4.46. The molecule has 0 fully saturated rings. The van der Waals surface area contributed by atoms with Crippen LogP contribution in [0, 0.1) is 0 Å². The first-order valence-electron chi connectivity index (χ1n) is 5.17. The Balaban J connectivity index is 2.66. The molecule has 3 N–H and O–H groups in total. The van der Waals surface area contributed by atoms with Crippen LogP contribution in [0.25, 0.3) is 0 Å². The van der Waals surface area contributed by atoms with Crippen LogP contribution in [0.2, 0.25) is 0 Å². The second-order valence-corrected chi connectivity index (χ2v) is 5.38. The lowest BCUT2D eigenvalue weighted by Crippen LogP contribution is -2.37. The molecule has 1 rings (SSSR count). The molecule has 0 aromatic heterocycles. The van der Waals surface area contributed by atoms with Gasteiger partial charge in [-0.15, -0.1) is 0 Å². The molecule has 88 valence electrons. The molecular weight excluding hydrogens is 268 g/mol. The van der Waals surface area contributed by atoms with Crippen molar-refractivity contribution in [3.05, 3.63) is 34.3 Å². The molecule has 1 amide bonds. The van der Waals surface area contributed by atoms with Crippen molar-refractivity contribution in [3.63, 3.8) is 0 Å². The third-order valence-corrected chi connectivity index (χ3v) is 2.97. The fourth-order valence-electron chi connectivity index (χ4n) is 1.51. The zero-order chi connectivity index (χ0) is 12.2. The summed E-state index contributed by atoms with van der Waals surface area (Å²) < 4.78 is 1.06. The minimum atomic E-state index is -0.329. The lowest BCUT2D eigenvalue weighted by molar-refractivity contribution is -0.117. The molecule has 1 aromatic rings. The van der Waals surface area contributed by atoms with Gasteiger partial charge in [0.1, 0.15) is 0 Å². The quantitative estimate of drug-likeness (QED) is 0.866. The third-order valence-electron chi connectivity index (χ3n) is 2.47. The van der Waals surface area contributed by atoms with E-state index in [-0.39, 0.29) is 17.9 Å². The Morgan fingerprint density at radius 2 is 2.19 bits per heavy atom. The molecule has 0 aliphatic heterocycles. The van der Waals surface area contributed by atoms with Gasteiger partial charge in [-0.1, -0.05) is 41.9 Å². The highest BCUT2D eigenvalue weighted by atomic mass is 79.9. The number of benzene rings is 1. The number of rotatable bonds is 5. The number of hydrogen-bond donors (Lipinski definition) is 2. The van der Waals surface area contributed by atoms with Gasteiger partial charge >= 0.3 is 0 Å². The highest BCUT2D eigenvalue weighted by molar-refractivity contribution is 9.10. The van der Waals surface area contributed by atoms with Crippen molar-refractivity contribution in [2.75, 3.05) is 13.1 Å². The standard InChI is InChI=1S/C12H17BrN2O/c1-12(2,8-15-7-11(14)16)9-4-3-5-10(13)6-9/h3-6,15H,7-8H2,1-2H3,(H2,14,16). The smallest absolute Gasteiger partial charge is 0.231 e. The zero-order valence-electron chi connectivity index (χ0n) is 9.59. The number of carbonyl (C=O) groups is 1. The minimum Gasteiger partial charge on any atom is -0.369 e. The normalized spacial score (nSPS) is 11.4. The van der Waals surface area contributed by atoms with Gasteiger partial charge < -0.3 is 11.1 Å². The predicted octanol–water partition coefficient (Wildman–Crippen LogP) is 1.80. The van der Waals surface area contributed by atoms with Crippen molar-refractivity contribution in [1.29, 1.82) is 0 Å². The van der Waals surface area contributed by atoms with E-state index >= 15 is 0 Å². The van der Waals surface area contributed by atoms with Gasteiger partial charge in [-0.25, -0.2) is 0 Å². The Hall–Kier alpha value is -0.870. The van der Waals surface area contributed by atoms with Crippen LogP contribution in [0.15, 0.2) is 28.7 Å². The van der Waals surface area contributed by atoms with Crippen LogP contribution in [0.5, 0.6) is 0 Å². The van der Waals surface area contributed by atoms with Crippen LogP contribution >= 0.6 is 15.9 Å². The second kappa shape index (κ2) is 5.46. The minimum absolute atomic E-state index is 0.0285. The van der Waals surface area contributed by atoms with E-state index in [4.69, 9.17) is 5.73 Å². The van der Waals surface area contributed by atoms with Gasteiger partial charge in [-0.3, -0.25) is 4.79 Å². The largest absolute Gasteiger partial charge is 0.369 e. The summed E-state index contributed by atoms with van der Waals surface area (Å²) in [5, 5.41) is 3.05. The molecule has 0 radical (unpaired) electrons. The molecule has 0 aliphatic carbocycles. The summed E-state index contributed by atoms with van der Waals surface area (Å²) in [5.41, 5.74) is 6.27. The molecule has 0 bridgehead atoms. The van der Waals surface area contributed by atoms with Crippen LogP contribution < -0.4 is 11.1 Å². The maximum absolute atomic E-state index is 10.6. The summed E-state index contributed by atoms with van der Waals surface area (Å²) in [6, 6.07) is 8.17. The molecule has 0 atom stereocenters. The van der Waals surface area contributed by atoms with Gasteiger partial charge in [0.15, 0.2) is 0 Å². The fraction of sp³-hybridized carbons (Fsp3) is 0.417. The summed E-state index contributed by atoms with van der Waals surface area (Å²) >= 11 is 3.45. The third kappa shape index (κ3) is 3.94. The fourth-order valence-corrected chi connectivity index (χ4v) is 1.91. The van der Waals surface area contributed by atoms with E-state index in [1.807, 2.05) is 12.1 Å². The monoisotopic (exact) mass is 284 g/mol. The van der Waals surface area contributed by atoms with Gasteiger partial charge in [-0.05, 0) is 17.7 Å². The number of nitrogens with two attached hydrogens (primary N) is 1. The van der Waals surface area contributed by atoms with Gasteiger partial charge in [0.2, 0.25) is 5.91 Å². The molecule has 4 heteroatoms. The highest BCUT2D eigenvalue weighted by Crippen LogP contribution is 2.24. The van der Waals surface area contributed by atoms with Crippen molar-refractivity contribution in [2.24, 2.45) is 5.73 Å². The Morgan fingerprint density at radius 1 is 1.50 bits per heavy atom. The molecule has 0 saturated carbocycles. The predicted molar refractivity (Wildman–Crippen MR) is 69.2 cm³/mol. The molecule has 0 heterocycles. The van der Waals surface area contributed by atoms with Crippen LogP contribution in [0.4, 0.5) is 0 Å². The van der Waals surface area contributed by atoms with E-state index in [2.05, 4.69) is 47.2 Å². The van der Waals surface area contributed by atoms with E-state index in [0.717, 1.165) is 4.47 Å². The van der Waals surface area contributed by atoms with E-state index in [0.29, 0.717) is 6.54 Å². The molecule has 3 nitrogen and oxygen atoms in total. The lowest BCUT2D eigenvalue weighted by Gasteiger charge is -2.25. The zero-order valence-corrected chi connectivity index (χ0v) is 11.2. The Kier molecular flexibility index (Phi) is 4.50. The van der Waals surface area contributed by atoms with Gasteiger partial charge in [-0.2, -0.15) is 0 Å². The van der Waals surface area contributed by atoms with Crippen LogP contribution in [-0.4, -0.2) is 19.0 Å². The molecule has 0 unspecified atom stereocenters. The number of nitrogens with one attached hydrogen (secondary N) is 1. The van der Waals surface area contributed by atoms with E-state index in [1.165, 1.54) is 5.56 Å². The van der Waals surface area contributed by atoms with E-state index < -0.39 is 0 Å². The number of halogens is 1. The number of amides is 1. The molecule has 0 aliphatic rings. The van der Waals surface area contributed by atoms with Crippen LogP contribution in [0.3, 0.4) is 0 Å². The van der Waals surface area contributed by atoms with Crippen LogP contribution in [-0.2, 0) is 10.2 Å². The maximum atomic E-state index is 10.6. The summed E-state index contributed by atoms with van der Waals surface area (Å²) in [4.78, 5) is 10.6. The average Bonchev–Trinajstić information content (AvgIpc) is 2.16. The maximum Gasteiger partial charge on any atom is 0.231 e. The van der Waals surface area contributed by atoms with Crippen molar-refractivity contribution in [3.8, 4) is 0 Å². The van der Waals surface area contributed by atoms with E-state index in [9.17, 15) is 4.79 Å². The summed E-state index contributed by atoms with van der Waals surface area (Å²) in [6.45, 7) is 5.19. The SMILES string of the molecule is CC(C)(CNCC(N)=O)c1cccc(Br)c1. The molecular formula is C12H17BrN2O.